The zero-order chi connectivity index (χ0) is 19.8. The van der Waals surface area contributed by atoms with Gasteiger partial charge in [0.25, 0.3) is 0 Å². The Bertz CT molecular complexity index is 840. The second-order valence-electron chi connectivity index (χ2n) is 7.16. The van der Waals surface area contributed by atoms with Crippen molar-refractivity contribution in [2.75, 3.05) is 19.6 Å². The summed E-state index contributed by atoms with van der Waals surface area (Å²) in [7, 11) is 0. The number of nitrogens with one attached hydrogen (secondary N) is 1. The number of hydrogen-bond acceptors (Lipinski definition) is 2. The summed E-state index contributed by atoms with van der Waals surface area (Å²) in [6.07, 6.45) is 0. The third-order valence-corrected chi connectivity index (χ3v) is 5.28. The number of aryl methyl sites for hydroxylation is 1. The monoisotopic (exact) mass is 372 g/mol. The minimum absolute atomic E-state index is 0.427. The number of rotatable bonds is 4. The summed E-state index contributed by atoms with van der Waals surface area (Å²) in [5.74, 6) is 0. The molecular weight excluding hydrogens is 340 g/mol. The van der Waals surface area contributed by atoms with E-state index in [0.717, 1.165) is 26.2 Å². The van der Waals surface area contributed by atoms with Crippen LogP contribution in [0.25, 0.3) is 11.1 Å². The van der Waals surface area contributed by atoms with Gasteiger partial charge < -0.3 is 5.32 Å². The Kier molecular flexibility index (Phi) is 7.41. The van der Waals surface area contributed by atoms with Crippen LogP contribution in [0, 0.1) is 6.92 Å². The first-order valence-corrected chi connectivity index (χ1v) is 10.5. The average Bonchev–Trinajstić information content (AvgIpc) is 2.77. The normalized spacial score (nSPS) is 16.9. The second kappa shape index (κ2) is 10.2. The summed E-state index contributed by atoms with van der Waals surface area (Å²) in [6.45, 7) is 10.4. The standard InChI is InChI=1S/C24H26N2.C2H6/c1-19-7-5-6-10-23(19)21-13-11-20(12-14-21)17-26-16-15-25-24(18-26)22-8-3-2-4-9-22;1-2/h2-14,24-25H,15-18H2,1H3;1-2H3. The van der Waals surface area contributed by atoms with Crippen LogP contribution in [0.1, 0.15) is 36.6 Å². The molecule has 1 saturated heterocycles. The molecule has 146 valence electrons. The highest BCUT2D eigenvalue weighted by molar-refractivity contribution is 5.67. The van der Waals surface area contributed by atoms with Crippen LogP contribution in [-0.4, -0.2) is 24.5 Å². The Morgan fingerprint density at radius 2 is 1.54 bits per heavy atom. The van der Waals surface area contributed by atoms with E-state index in [1.165, 1.54) is 27.8 Å². The van der Waals surface area contributed by atoms with Crippen LogP contribution in [0.15, 0.2) is 78.9 Å². The number of benzene rings is 3. The van der Waals surface area contributed by atoms with Crippen molar-refractivity contribution in [3.8, 4) is 11.1 Å². The second-order valence-corrected chi connectivity index (χ2v) is 7.16. The highest BCUT2D eigenvalue weighted by atomic mass is 15.2. The molecule has 0 amide bonds. The van der Waals surface area contributed by atoms with Gasteiger partial charge in [0.15, 0.2) is 0 Å². The fourth-order valence-corrected chi connectivity index (χ4v) is 3.81. The minimum Gasteiger partial charge on any atom is -0.308 e. The van der Waals surface area contributed by atoms with Crippen LogP contribution in [0.5, 0.6) is 0 Å². The number of piperazine rings is 1. The van der Waals surface area contributed by atoms with Gasteiger partial charge in [0.2, 0.25) is 0 Å². The molecule has 0 bridgehead atoms. The first-order chi connectivity index (χ1) is 13.8. The van der Waals surface area contributed by atoms with E-state index >= 15 is 0 Å². The van der Waals surface area contributed by atoms with Crippen molar-refractivity contribution in [1.82, 2.24) is 10.2 Å². The largest absolute Gasteiger partial charge is 0.308 e. The minimum atomic E-state index is 0.427. The van der Waals surface area contributed by atoms with Gasteiger partial charge in [-0.25, -0.2) is 0 Å². The van der Waals surface area contributed by atoms with Gasteiger partial charge in [-0.1, -0.05) is 92.7 Å². The van der Waals surface area contributed by atoms with Crippen molar-refractivity contribution in [1.29, 1.82) is 0 Å². The van der Waals surface area contributed by atoms with Gasteiger partial charge in [-0.2, -0.15) is 0 Å². The van der Waals surface area contributed by atoms with E-state index in [0.29, 0.717) is 6.04 Å². The van der Waals surface area contributed by atoms with Crippen LogP contribution in [0.2, 0.25) is 0 Å². The fourth-order valence-electron chi connectivity index (χ4n) is 3.81. The van der Waals surface area contributed by atoms with Crippen LogP contribution in [0.4, 0.5) is 0 Å². The van der Waals surface area contributed by atoms with Gasteiger partial charge in [-0.15, -0.1) is 0 Å². The van der Waals surface area contributed by atoms with Gasteiger partial charge in [-0.05, 0) is 34.7 Å². The molecule has 0 radical (unpaired) electrons. The van der Waals surface area contributed by atoms with Gasteiger partial charge in [-0.3, -0.25) is 4.90 Å². The molecule has 0 aliphatic carbocycles. The first-order valence-electron chi connectivity index (χ1n) is 10.5. The van der Waals surface area contributed by atoms with Crippen molar-refractivity contribution in [2.24, 2.45) is 0 Å². The maximum atomic E-state index is 3.65. The van der Waals surface area contributed by atoms with Crippen LogP contribution < -0.4 is 5.32 Å². The predicted octanol–water partition coefficient (Wildman–Crippen LogP) is 5.83. The lowest BCUT2D eigenvalue weighted by Crippen LogP contribution is -2.45. The zero-order valence-corrected chi connectivity index (χ0v) is 17.4. The molecule has 1 heterocycles. The van der Waals surface area contributed by atoms with Gasteiger partial charge in [0.1, 0.15) is 0 Å². The van der Waals surface area contributed by atoms with E-state index in [4.69, 9.17) is 0 Å². The Hall–Kier alpha value is -2.42. The predicted molar refractivity (Wildman–Crippen MR) is 120 cm³/mol. The molecule has 1 aliphatic rings. The third-order valence-electron chi connectivity index (χ3n) is 5.28. The maximum absolute atomic E-state index is 3.65. The van der Waals surface area contributed by atoms with E-state index in [2.05, 4.69) is 96.0 Å². The Balaban J connectivity index is 0.00000109. The molecular formula is C26H32N2. The SMILES string of the molecule is CC.Cc1ccccc1-c1ccc(CN2CCNC(c3ccccc3)C2)cc1. The quantitative estimate of drug-likeness (QED) is 0.619. The highest BCUT2D eigenvalue weighted by Crippen LogP contribution is 2.24. The van der Waals surface area contributed by atoms with E-state index in [1.54, 1.807) is 0 Å². The van der Waals surface area contributed by atoms with Crippen molar-refractivity contribution in [3.05, 3.63) is 95.6 Å². The van der Waals surface area contributed by atoms with Crippen molar-refractivity contribution < 1.29 is 0 Å². The third kappa shape index (κ3) is 5.09. The van der Waals surface area contributed by atoms with E-state index in [-0.39, 0.29) is 0 Å². The lowest BCUT2D eigenvalue weighted by molar-refractivity contribution is 0.193. The van der Waals surface area contributed by atoms with Crippen molar-refractivity contribution in [2.45, 2.75) is 33.4 Å². The highest BCUT2D eigenvalue weighted by Gasteiger charge is 2.20. The van der Waals surface area contributed by atoms with Crippen LogP contribution in [0.3, 0.4) is 0 Å². The van der Waals surface area contributed by atoms with E-state index in [1.807, 2.05) is 13.8 Å². The number of hydrogen-bond donors (Lipinski definition) is 1. The molecule has 3 aromatic carbocycles. The van der Waals surface area contributed by atoms with E-state index < -0.39 is 0 Å². The van der Waals surface area contributed by atoms with Gasteiger partial charge in [0.05, 0.1) is 0 Å². The van der Waals surface area contributed by atoms with Crippen LogP contribution in [-0.2, 0) is 6.54 Å². The molecule has 1 aliphatic heterocycles. The Labute approximate surface area is 170 Å². The van der Waals surface area contributed by atoms with E-state index in [9.17, 15) is 0 Å². The summed E-state index contributed by atoms with van der Waals surface area (Å²) >= 11 is 0. The summed E-state index contributed by atoms with van der Waals surface area (Å²) in [4.78, 5) is 2.55. The van der Waals surface area contributed by atoms with Gasteiger partial charge in [0, 0.05) is 32.2 Å². The molecule has 2 nitrogen and oxygen atoms in total. The molecule has 3 aromatic rings. The molecule has 0 aromatic heterocycles. The van der Waals surface area contributed by atoms with Crippen molar-refractivity contribution in [3.63, 3.8) is 0 Å². The molecule has 4 rings (SSSR count). The average molecular weight is 373 g/mol. The fraction of sp³-hybridized carbons (Fsp3) is 0.308. The molecule has 1 fully saturated rings. The molecule has 1 atom stereocenters. The Morgan fingerprint density at radius 1 is 0.857 bits per heavy atom. The van der Waals surface area contributed by atoms with Crippen LogP contribution >= 0.6 is 0 Å². The summed E-state index contributed by atoms with van der Waals surface area (Å²) in [5.41, 5.74) is 6.72. The lowest BCUT2D eigenvalue weighted by atomic mass is 9.99. The molecule has 28 heavy (non-hydrogen) atoms. The molecule has 1 unspecified atom stereocenters. The summed E-state index contributed by atoms with van der Waals surface area (Å²) < 4.78 is 0. The van der Waals surface area contributed by atoms with Gasteiger partial charge >= 0.3 is 0 Å². The molecule has 1 N–H and O–H groups in total. The Morgan fingerprint density at radius 3 is 2.25 bits per heavy atom. The number of nitrogens with zero attached hydrogens (tertiary/aromatic N) is 1. The summed E-state index contributed by atoms with van der Waals surface area (Å²) in [5, 5.41) is 3.65. The van der Waals surface area contributed by atoms with Crippen molar-refractivity contribution >= 4 is 0 Å². The maximum Gasteiger partial charge on any atom is 0.0449 e. The molecule has 0 saturated carbocycles. The topological polar surface area (TPSA) is 15.3 Å². The zero-order valence-electron chi connectivity index (χ0n) is 17.4. The smallest absolute Gasteiger partial charge is 0.0449 e. The molecule has 2 heteroatoms. The molecule has 0 spiro atoms. The summed E-state index contributed by atoms with van der Waals surface area (Å²) in [6, 6.07) is 28.9. The lowest BCUT2D eigenvalue weighted by Gasteiger charge is -2.34. The first kappa shape index (κ1) is 20.3.